The van der Waals surface area contributed by atoms with Crippen LogP contribution in [0.1, 0.15) is 12.0 Å². The molecule has 1 aliphatic rings. The smallest absolute Gasteiger partial charge is 0.229 e. The Labute approximate surface area is 151 Å². The van der Waals surface area contributed by atoms with Crippen molar-refractivity contribution in [1.29, 1.82) is 0 Å². The Kier molecular flexibility index (Phi) is 5.51. The Morgan fingerprint density at radius 1 is 1.23 bits per heavy atom. The van der Waals surface area contributed by atoms with Gasteiger partial charge in [-0.05, 0) is 30.2 Å². The van der Waals surface area contributed by atoms with Gasteiger partial charge in [-0.25, -0.2) is 4.39 Å². The molecule has 0 bridgehead atoms. The molecule has 0 aromatic heterocycles. The van der Waals surface area contributed by atoms with Gasteiger partial charge in [0.05, 0.1) is 18.7 Å². The lowest BCUT2D eigenvalue weighted by molar-refractivity contribution is -0.128. The molecule has 1 N–H and O–H groups in total. The number of methoxy groups -OCH3 is 1. The Morgan fingerprint density at radius 2 is 1.96 bits per heavy atom. The number of hydrogen-bond donors (Lipinski definition) is 1. The van der Waals surface area contributed by atoms with Gasteiger partial charge in [0.1, 0.15) is 11.6 Å². The molecular formula is C20H21FN2O3. The van der Waals surface area contributed by atoms with Gasteiger partial charge in [0.25, 0.3) is 0 Å². The van der Waals surface area contributed by atoms with Gasteiger partial charge >= 0.3 is 0 Å². The number of rotatable bonds is 6. The minimum atomic E-state index is -0.423. The maximum atomic E-state index is 13.7. The zero-order valence-corrected chi connectivity index (χ0v) is 14.6. The van der Waals surface area contributed by atoms with Crippen molar-refractivity contribution in [3.63, 3.8) is 0 Å². The van der Waals surface area contributed by atoms with Crippen molar-refractivity contribution in [3.8, 4) is 5.75 Å². The van der Waals surface area contributed by atoms with Gasteiger partial charge in [-0.1, -0.05) is 30.3 Å². The van der Waals surface area contributed by atoms with Crippen LogP contribution in [-0.2, 0) is 16.0 Å². The zero-order chi connectivity index (χ0) is 18.5. The quantitative estimate of drug-likeness (QED) is 0.866. The van der Waals surface area contributed by atoms with Crippen molar-refractivity contribution in [2.24, 2.45) is 5.92 Å². The fourth-order valence-electron chi connectivity index (χ4n) is 3.10. The van der Waals surface area contributed by atoms with Gasteiger partial charge in [0.15, 0.2) is 0 Å². The van der Waals surface area contributed by atoms with Crippen molar-refractivity contribution in [2.45, 2.75) is 12.8 Å². The summed E-state index contributed by atoms with van der Waals surface area (Å²) in [7, 11) is 1.54. The lowest BCUT2D eigenvalue weighted by Gasteiger charge is -2.17. The van der Waals surface area contributed by atoms with Crippen molar-refractivity contribution >= 4 is 17.5 Å². The minimum Gasteiger partial charge on any atom is -0.495 e. The second-order valence-electron chi connectivity index (χ2n) is 6.27. The van der Waals surface area contributed by atoms with Crippen molar-refractivity contribution in [1.82, 2.24) is 4.90 Å². The highest BCUT2D eigenvalue weighted by atomic mass is 19.1. The highest BCUT2D eigenvalue weighted by Gasteiger charge is 2.34. The van der Waals surface area contributed by atoms with Crippen LogP contribution in [0.4, 0.5) is 10.1 Å². The number of carbonyl (C=O) groups is 2. The number of halogens is 1. The molecule has 0 spiro atoms. The van der Waals surface area contributed by atoms with Gasteiger partial charge in [-0.15, -0.1) is 0 Å². The third-order valence-electron chi connectivity index (χ3n) is 4.56. The average Bonchev–Trinajstić information content (AvgIpc) is 3.02. The van der Waals surface area contributed by atoms with E-state index in [4.69, 9.17) is 4.74 Å². The summed E-state index contributed by atoms with van der Waals surface area (Å²) in [5.41, 5.74) is 1.15. The summed E-state index contributed by atoms with van der Waals surface area (Å²) in [6.07, 6.45) is 0.595. The van der Waals surface area contributed by atoms with E-state index in [1.54, 1.807) is 41.3 Å². The normalized spacial score (nSPS) is 16.6. The Hall–Kier alpha value is -2.89. The van der Waals surface area contributed by atoms with E-state index in [1.165, 1.54) is 13.2 Å². The molecule has 1 aliphatic heterocycles. The summed E-state index contributed by atoms with van der Waals surface area (Å²) in [6.45, 7) is 0.743. The van der Waals surface area contributed by atoms with Crippen LogP contribution in [-0.4, -0.2) is 36.9 Å². The lowest BCUT2D eigenvalue weighted by Crippen LogP contribution is -2.30. The monoisotopic (exact) mass is 356 g/mol. The van der Waals surface area contributed by atoms with Gasteiger partial charge in [-0.3, -0.25) is 9.59 Å². The average molecular weight is 356 g/mol. The van der Waals surface area contributed by atoms with E-state index >= 15 is 0 Å². The molecule has 2 aromatic rings. The highest BCUT2D eigenvalue weighted by Crippen LogP contribution is 2.26. The fraction of sp³-hybridized carbons (Fsp3) is 0.300. The van der Waals surface area contributed by atoms with Crippen LogP contribution in [0.15, 0.2) is 48.5 Å². The van der Waals surface area contributed by atoms with Gasteiger partial charge in [0, 0.05) is 19.5 Å². The summed E-state index contributed by atoms with van der Waals surface area (Å²) < 4.78 is 18.9. The Bertz CT molecular complexity index is 809. The molecular weight excluding hydrogens is 335 g/mol. The van der Waals surface area contributed by atoms with E-state index < -0.39 is 5.92 Å². The number of ether oxygens (including phenoxy) is 1. The number of nitrogens with one attached hydrogen (secondary N) is 1. The standard InChI is InChI=1S/C20H21FN2O3/c1-26-18-9-5-4-8-17(18)22-20(25)15-12-19(24)23(13-15)11-10-14-6-2-3-7-16(14)21/h2-9,15H,10-13H2,1H3,(H,22,25). The summed E-state index contributed by atoms with van der Waals surface area (Å²) in [6, 6.07) is 13.7. The molecule has 1 heterocycles. The number of para-hydroxylation sites is 2. The molecule has 136 valence electrons. The van der Waals surface area contributed by atoms with E-state index in [-0.39, 0.29) is 24.1 Å². The number of hydrogen-bond acceptors (Lipinski definition) is 3. The molecule has 1 saturated heterocycles. The summed E-state index contributed by atoms with van der Waals surface area (Å²) in [4.78, 5) is 26.3. The number of anilines is 1. The maximum Gasteiger partial charge on any atom is 0.229 e. The first-order valence-electron chi connectivity index (χ1n) is 8.53. The van der Waals surface area contributed by atoms with Gasteiger partial charge in [-0.2, -0.15) is 0 Å². The van der Waals surface area contributed by atoms with Crippen LogP contribution in [0, 0.1) is 11.7 Å². The third kappa shape index (κ3) is 4.02. The Morgan fingerprint density at radius 3 is 2.73 bits per heavy atom. The van der Waals surface area contributed by atoms with Gasteiger partial charge < -0.3 is 15.0 Å². The number of carbonyl (C=O) groups excluding carboxylic acids is 2. The van der Waals surface area contributed by atoms with Crippen molar-refractivity contribution in [2.75, 3.05) is 25.5 Å². The number of benzene rings is 2. The Balaban J connectivity index is 1.58. The molecule has 0 saturated carbocycles. The summed E-state index contributed by atoms with van der Waals surface area (Å²) >= 11 is 0. The molecule has 26 heavy (non-hydrogen) atoms. The van der Waals surface area contributed by atoms with E-state index in [0.29, 0.717) is 36.5 Å². The first-order chi connectivity index (χ1) is 12.6. The summed E-state index contributed by atoms with van der Waals surface area (Å²) in [5, 5.41) is 2.82. The molecule has 1 fully saturated rings. The molecule has 1 unspecified atom stereocenters. The molecule has 0 aliphatic carbocycles. The fourth-order valence-corrected chi connectivity index (χ4v) is 3.10. The van der Waals surface area contributed by atoms with Crippen LogP contribution in [0.3, 0.4) is 0 Å². The van der Waals surface area contributed by atoms with E-state index in [1.807, 2.05) is 6.07 Å². The number of nitrogens with zero attached hydrogens (tertiary/aromatic N) is 1. The molecule has 5 nitrogen and oxygen atoms in total. The third-order valence-corrected chi connectivity index (χ3v) is 4.56. The first-order valence-corrected chi connectivity index (χ1v) is 8.53. The van der Waals surface area contributed by atoms with Crippen molar-refractivity contribution in [3.05, 3.63) is 59.9 Å². The van der Waals surface area contributed by atoms with Crippen LogP contribution in [0.25, 0.3) is 0 Å². The minimum absolute atomic E-state index is 0.0819. The highest BCUT2D eigenvalue weighted by molar-refractivity contribution is 5.98. The maximum absolute atomic E-state index is 13.7. The lowest BCUT2D eigenvalue weighted by atomic mass is 10.1. The van der Waals surface area contributed by atoms with Gasteiger partial charge in [0.2, 0.25) is 11.8 Å². The number of likely N-dealkylation sites (tertiary alicyclic amines) is 1. The van der Waals surface area contributed by atoms with Crippen LogP contribution < -0.4 is 10.1 Å². The van der Waals surface area contributed by atoms with Crippen LogP contribution in [0.5, 0.6) is 5.75 Å². The predicted octanol–water partition coefficient (Wildman–Crippen LogP) is 2.86. The van der Waals surface area contributed by atoms with Crippen molar-refractivity contribution < 1.29 is 18.7 Å². The zero-order valence-electron chi connectivity index (χ0n) is 14.6. The van der Waals surface area contributed by atoms with E-state index in [9.17, 15) is 14.0 Å². The first kappa shape index (κ1) is 17.9. The largest absolute Gasteiger partial charge is 0.495 e. The molecule has 1 atom stereocenters. The predicted molar refractivity (Wildman–Crippen MR) is 96.4 cm³/mol. The number of amides is 2. The van der Waals surface area contributed by atoms with Crippen LogP contribution >= 0.6 is 0 Å². The SMILES string of the molecule is COc1ccccc1NC(=O)C1CC(=O)N(CCc2ccccc2F)C1. The molecule has 2 aromatic carbocycles. The van der Waals surface area contributed by atoms with E-state index in [0.717, 1.165) is 0 Å². The second kappa shape index (κ2) is 7.99. The molecule has 2 amide bonds. The van der Waals surface area contributed by atoms with E-state index in [2.05, 4.69) is 5.32 Å². The molecule has 0 radical (unpaired) electrons. The summed E-state index contributed by atoms with van der Waals surface area (Å²) in [5.74, 6) is -0.419. The molecule has 3 rings (SSSR count). The van der Waals surface area contributed by atoms with Crippen LogP contribution in [0.2, 0.25) is 0 Å². The topological polar surface area (TPSA) is 58.6 Å². The second-order valence-corrected chi connectivity index (χ2v) is 6.27. The molecule has 6 heteroatoms.